The minimum absolute atomic E-state index is 0.0954. The van der Waals surface area contributed by atoms with Crippen molar-refractivity contribution >= 4 is 45.1 Å². The lowest BCUT2D eigenvalue weighted by atomic mass is 10.1. The standard InChI is InChI=1S/C20H22BrN3O6S/c1-11-7-13(21)5-6-14(11)30-10-17(25)22-20(31)24-23-19(26)12-8-15(27-2)18(29-4)16(9-12)28-3/h5-9H,10H2,1-4H3,(H,23,26)(H2,22,24,25,31). The average molecular weight is 512 g/mol. The lowest BCUT2D eigenvalue weighted by molar-refractivity contribution is -0.121. The molecule has 2 aromatic rings. The molecule has 0 heterocycles. The molecule has 0 aliphatic rings. The zero-order valence-electron chi connectivity index (χ0n) is 17.3. The summed E-state index contributed by atoms with van der Waals surface area (Å²) >= 11 is 8.38. The van der Waals surface area contributed by atoms with Gasteiger partial charge < -0.3 is 18.9 Å². The smallest absolute Gasteiger partial charge is 0.269 e. The fraction of sp³-hybridized carbons (Fsp3) is 0.250. The SMILES string of the molecule is COc1cc(C(=O)NNC(=S)NC(=O)COc2ccc(Br)cc2C)cc(OC)c1OC. The first-order chi connectivity index (χ1) is 14.8. The number of carbonyl (C=O) groups excluding carboxylic acids is 2. The van der Waals surface area contributed by atoms with E-state index in [9.17, 15) is 9.59 Å². The molecule has 3 N–H and O–H groups in total. The highest BCUT2D eigenvalue weighted by Crippen LogP contribution is 2.38. The number of thiocarbonyl (C=S) groups is 1. The Kier molecular flexibility index (Phi) is 8.88. The van der Waals surface area contributed by atoms with Gasteiger partial charge in [-0.1, -0.05) is 15.9 Å². The molecule has 0 fully saturated rings. The lowest BCUT2D eigenvalue weighted by Gasteiger charge is -2.15. The van der Waals surface area contributed by atoms with Gasteiger partial charge in [-0.15, -0.1) is 0 Å². The van der Waals surface area contributed by atoms with Gasteiger partial charge in [-0.3, -0.25) is 25.8 Å². The Morgan fingerprint density at radius 3 is 2.16 bits per heavy atom. The number of halogens is 1. The molecule has 11 heteroatoms. The maximum absolute atomic E-state index is 12.4. The summed E-state index contributed by atoms with van der Waals surface area (Å²) in [5.74, 6) is 0.567. The number of hydrazine groups is 1. The van der Waals surface area contributed by atoms with E-state index in [1.807, 2.05) is 19.1 Å². The van der Waals surface area contributed by atoms with Crippen LogP contribution >= 0.6 is 28.1 Å². The maximum Gasteiger partial charge on any atom is 0.269 e. The van der Waals surface area contributed by atoms with Gasteiger partial charge in [-0.05, 0) is 55.0 Å². The molecule has 0 saturated heterocycles. The van der Waals surface area contributed by atoms with Crippen LogP contribution in [0, 0.1) is 6.92 Å². The summed E-state index contributed by atoms with van der Waals surface area (Å²) < 4.78 is 22.1. The molecule has 0 saturated carbocycles. The van der Waals surface area contributed by atoms with Gasteiger partial charge in [0.25, 0.3) is 11.8 Å². The Morgan fingerprint density at radius 2 is 1.61 bits per heavy atom. The number of carbonyl (C=O) groups is 2. The van der Waals surface area contributed by atoms with Gasteiger partial charge in [0.05, 0.1) is 21.3 Å². The van der Waals surface area contributed by atoms with Crippen LogP contribution in [0.2, 0.25) is 0 Å². The molecule has 31 heavy (non-hydrogen) atoms. The zero-order chi connectivity index (χ0) is 23.0. The first-order valence-corrected chi connectivity index (χ1v) is 10.1. The minimum atomic E-state index is -0.530. The highest BCUT2D eigenvalue weighted by Gasteiger charge is 2.17. The van der Waals surface area contributed by atoms with E-state index in [4.69, 9.17) is 31.2 Å². The summed E-state index contributed by atoms with van der Waals surface area (Å²) in [5.41, 5.74) is 5.95. The number of nitrogens with one attached hydrogen (secondary N) is 3. The molecule has 2 rings (SSSR count). The fourth-order valence-corrected chi connectivity index (χ4v) is 3.15. The number of aryl methyl sites for hydroxylation is 1. The molecule has 0 atom stereocenters. The van der Waals surface area contributed by atoms with Crippen molar-refractivity contribution in [2.75, 3.05) is 27.9 Å². The van der Waals surface area contributed by atoms with E-state index in [0.29, 0.717) is 23.0 Å². The Morgan fingerprint density at radius 1 is 0.968 bits per heavy atom. The van der Waals surface area contributed by atoms with Crippen LogP contribution in [0.15, 0.2) is 34.8 Å². The number of hydrogen-bond donors (Lipinski definition) is 3. The maximum atomic E-state index is 12.4. The largest absolute Gasteiger partial charge is 0.493 e. The second kappa shape index (κ2) is 11.4. The summed E-state index contributed by atoms with van der Waals surface area (Å²) in [6.07, 6.45) is 0. The number of benzene rings is 2. The van der Waals surface area contributed by atoms with Gasteiger partial charge in [-0.25, -0.2) is 0 Å². The number of rotatable bonds is 7. The van der Waals surface area contributed by atoms with Crippen LogP contribution in [0.25, 0.3) is 0 Å². The van der Waals surface area contributed by atoms with Crippen molar-refractivity contribution in [1.82, 2.24) is 16.2 Å². The van der Waals surface area contributed by atoms with E-state index in [2.05, 4.69) is 32.1 Å². The van der Waals surface area contributed by atoms with Gasteiger partial charge in [0.2, 0.25) is 5.75 Å². The third-order valence-electron chi connectivity index (χ3n) is 3.97. The molecule has 2 amide bonds. The molecule has 166 valence electrons. The van der Waals surface area contributed by atoms with Crippen molar-refractivity contribution in [3.05, 3.63) is 45.9 Å². The van der Waals surface area contributed by atoms with E-state index in [-0.39, 0.29) is 17.3 Å². The van der Waals surface area contributed by atoms with Crippen molar-refractivity contribution in [3.63, 3.8) is 0 Å². The van der Waals surface area contributed by atoms with Crippen LogP contribution in [-0.4, -0.2) is 44.9 Å². The average Bonchev–Trinajstić information content (AvgIpc) is 2.75. The second-order valence-electron chi connectivity index (χ2n) is 6.07. The number of amides is 2. The Labute approximate surface area is 193 Å². The fourth-order valence-electron chi connectivity index (χ4n) is 2.51. The topological polar surface area (TPSA) is 107 Å². The molecule has 0 aliphatic carbocycles. The van der Waals surface area contributed by atoms with Gasteiger partial charge in [0.1, 0.15) is 5.75 Å². The zero-order valence-corrected chi connectivity index (χ0v) is 19.7. The van der Waals surface area contributed by atoms with Gasteiger partial charge in [-0.2, -0.15) is 0 Å². The molecule has 0 bridgehead atoms. The van der Waals surface area contributed by atoms with E-state index in [1.54, 1.807) is 6.07 Å². The minimum Gasteiger partial charge on any atom is -0.493 e. The van der Waals surface area contributed by atoms with E-state index in [1.165, 1.54) is 33.5 Å². The first-order valence-electron chi connectivity index (χ1n) is 8.88. The van der Waals surface area contributed by atoms with Crippen LogP contribution in [0.3, 0.4) is 0 Å². The molecule has 0 aliphatic heterocycles. The van der Waals surface area contributed by atoms with Crippen LogP contribution in [0.4, 0.5) is 0 Å². The van der Waals surface area contributed by atoms with Crippen LogP contribution in [0.5, 0.6) is 23.0 Å². The molecule has 0 spiro atoms. The van der Waals surface area contributed by atoms with Gasteiger partial charge in [0.15, 0.2) is 23.2 Å². The van der Waals surface area contributed by atoms with Gasteiger partial charge in [0, 0.05) is 10.0 Å². The molecule has 0 unspecified atom stereocenters. The van der Waals surface area contributed by atoms with Crippen molar-refractivity contribution in [1.29, 1.82) is 0 Å². The molecule has 0 radical (unpaired) electrons. The van der Waals surface area contributed by atoms with Crippen molar-refractivity contribution in [3.8, 4) is 23.0 Å². The molecule has 0 aromatic heterocycles. The van der Waals surface area contributed by atoms with Crippen molar-refractivity contribution in [2.45, 2.75) is 6.92 Å². The van der Waals surface area contributed by atoms with Crippen LogP contribution in [-0.2, 0) is 4.79 Å². The summed E-state index contributed by atoms with van der Waals surface area (Å²) in [6, 6.07) is 8.40. The van der Waals surface area contributed by atoms with E-state index in [0.717, 1.165) is 10.0 Å². The molecular weight excluding hydrogens is 490 g/mol. The third-order valence-corrected chi connectivity index (χ3v) is 4.66. The summed E-state index contributed by atoms with van der Waals surface area (Å²) in [6.45, 7) is 1.62. The highest BCUT2D eigenvalue weighted by atomic mass is 79.9. The molecular formula is C20H22BrN3O6S. The van der Waals surface area contributed by atoms with Crippen molar-refractivity contribution in [2.24, 2.45) is 0 Å². The summed E-state index contributed by atoms with van der Waals surface area (Å²) in [7, 11) is 4.35. The summed E-state index contributed by atoms with van der Waals surface area (Å²) in [4.78, 5) is 24.4. The predicted molar refractivity (Wildman–Crippen MR) is 122 cm³/mol. The number of hydrogen-bond acceptors (Lipinski definition) is 7. The monoisotopic (exact) mass is 511 g/mol. The van der Waals surface area contributed by atoms with Crippen LogP contribution in [0.1, 0.15) is 15.9 Å². The second-order valence-corrected chi connectivity index (χ2v) is 7.39. The van der Waals surface area contributed by atoms with E-state index < -0.39 is 11.8 Å². The lowest BCUT2D eigenvalue weighted by Crippen LogP contribution is -2.49. The highest BCUT2D eigenvalue weighted by molar-refractivity contribution is 9.10. The Bertz CT molecular complexity index is 960. The third kappa shape index (κ3) is 6.72. The normalized spacial score (nSPS) is 9.97. The number of ether oxygens (including phenoxy) is 4. The predicted octanol–water partition coefficient (Wildman–Crippen LogP) is 2.50. The van der Waals surface area contributed by atoms with Crippen molar-refractivity contribution < 1.29 is 28.5 Å². The molecule has 9 nitrogen and oxygen atoms in total. The molecule has 2 aromatic carbocycles. The van der Waals surface area contributed by atoms with Crippen LogP contribution < -0.4 is 35.1 Å². The first kappa shape index (κ1) is 24.2. The summed E-state index contributed by atoms with van der Waals surface area (Å²) in [5, 5.41) is 2.32. The Hall–Kier alpha value is -3.05. The Balaban J connectivity index is 1.89. The van der Waals surface area contributed by atoms with Gasteiger partial charge >= 0.3 is 0 Å². The quantitative estimate of drug-likeness (QED) is 0.384. The van der Waals surface area contributed by atoms with E-state index >= 15 is 0 Å². The number of methoxy groups -OCH3 is 3.